The van der Waals surface area contributed by atoms with E-state index < -0.39 is 10.9 Å². The quantitative estimate of drug-likeness (QED) is 0.627. The van der Waals surface area contributed by atoms with Gasteiger partial charge in [0.1, 0.15) is 0 Å². The van der Waals surface area contributed by atoms with Crippen molar-refractivity contribution in [1.29, 1.82) is 0 Å². The summed E-state index contributed by atoms with van der Waals surface area (Å²) in [6, 6.07) is 6.39. The maximum Gasteiger partial charge on any atom is 0.303 e. The summed E-state index contributed by atoms with van der Waals surface area (Å²) in [6.07, 6.45) is 1.86. The normalized spacial score (nSPS) is 10.4. The lowest BCUT2D eigenvalue weighted by atomic mass is 10.2. The number of rotatable bonds is 6. The van der Waals surface area contributed by atoms with Crippen LogP contribution in [0, 0.1) is 10.1 Å². The van der Waals surface area contributed by atoms with Crippen molar-refractivity contribution >= 4 is 11.7 Å². The Morgan fingerprint density at radius 1 is 1.40 bits per heavy atom. The molecule has 2 rings (SSSR count). The molecule has 1 aromatic carbocycles. The van der Waals surface area contributed by atoms with Crippen molar-refractivity contribution in [2.45, 2.75) is 19.4 Å². The van der Waals surface area contributed by atoms with E-state index in [1.165, 1.54) is 10.7 Å². The molecule has 0 aliphatic rings. The summed E-state index contributed by atoms with van der Waals surface area (Å²) in [6.45, 7) is 0.219. The number of carbonyl (C=O) groups is 1. The van der Waals surface area contributed by atoms with E-state index in [1.807, 2.05) is 0 Å². The van der Waals surface area contributed by atoms with Crippen LogP contribution in [0.1, 0.15) is 17.7 Å². The molecule has 0 amide bonds. The second-order valence-corrected chi connectivity index (χ2v) is 4.19. The van der Waals surface area contributed by atoms with Crippen LogP contribution in [0.2, 0.25) is 0 Å². The number of carboxylic acid groups (broad SMARTS) is 1. The third-order valence-corrected chi connectivity index (χ3v) is 2.70. The standard InChI is InChI=1S/C12H12N4O4/c17-12(18)6-5-10-8-15(14-13-10)7-9-3-1-2-4-11(9)16(19)20/h1-4,8H,5-7H2,(H,17,18). The second kappa shape index (κ2) is 5.91. The third-order valence-electron chi connectivity index (χ3n) is 2.70. The van der Waals surface area contributed by atoms with Crippen LogP contribution in [-0.4, -0.2) is 31.0 Å². The third kappa shape index (κ3) is 3.37. The van der Waals surface area contributed by atoms with E-state index in [9.17, 15) is 14.9 Å². The Bertz CT molecular complexity index is 638. The van der Waals surface area contributed by atoms with E-state index in [0.717, 1.165) is 0 Å². The van der Waals surface area contributed by atoms with Crippen LogP contribution in [0.3, 0.4) is 0 Å². The molecule has 0 spiro atoms. The highest BCUT2D eigenvalue weighted by Crippen LogP contribution is 2.18. The molecule has 2 aromatic rings. The number of benzene rings is 1. The highest BCUT2D eigenvalue weighted by atomic mass is 16.6. The van der Waals surface area contributed by atoms with Crippen molar-refractivity contribution in [2.75, 3.05) is 0 Å². The Balaban J connectivity index is 2.11. The molecule has 0 aliphatic heterocycles. The minimum atomic E-state index is -0.904. The molecule has 0 atom stereocenters. The Labute approximate surface area is 113 Å². The van der Waals surface area contributed by atoms with Crippen molar-refractivity contribution in [1.82, 2.24) is 15.0 Å². The monoisotopic (exact) mass is 276 g/mol. The number of nitro benzene ring substituents is 1. The molecule has 0 unspecified atom stereocenters. The summed E-state index contributed by atoms with van der Waals surface area (Å²) >= 11 is 0. The lowest BCUT2D eigenvalue weighted by Crippen LogP contribution is -2.03. The fraction of sp³-hybridized carbons (Fsp3) is 0.250. The van der Waals surface area contributed by atoms with E-state index in [2.05, 4.69) is 10.3 Å². The molecule has 8 heteroatoms. The van der Waals surface area contributed by atoms with Crippen LogP contribution in [-0.2, 0) is 17.8 Å². The van der Waals surface area contributed by atoms with E-state index >= 15 is 0 Å². The van der Waals surface area contributed by atoms with Gasteiger partial charge < -0.3 is 5.11 Å². The lowest BCUT2D eigenvalue weighted by molar-refractivity contribution is -0.385. The van der Waals surface area contributed by atoms with Crippen molar-refractivity contribution in [3.05, 3.63) is 51.8 Å². The molecule has 20 heavy (non-hydrogen) atoms. The van der Waals surface area contributed by atoms with Gasteiger partial charge in [-0.1, -0.05) is 23.4 Å². The number of hydrogen-bond donors (Lipinski definition) is 1. The summed E-state index contributed by atoms with van der Waals surface area (Å²) in [7, 11) is 0. The van der Waals surface area contributed by atoms with Gasteiger partial charge in [0.15, 0.2) is 0 Å². The number of nitro groups is 1. The highest BCUT2D eigenvalue weighted by Gasteiger charge is 2.13. The Hall–Kier alpha value is -2.77. The number of aliphatic carboxylic acids is 1. The van der Waals surface area contributed by atoms with Crippen molar-refractivity contribution in [2.24, 2.45) is 0 Å². The first-order valence-electron chi connectivity index (χ1n) is 5.89. The lowest BCUT2D eigenvalue weighted by Gasteiger charge is -2.01. The molecule has 1 N–H and O–H groups in total. The van der Waals surface area contributed by atoms with Gasteiger partial charge in [-0.3, -0.25) is 14.9 Å². The molecule has 1 heterocycles. The Kier molecular flexibility index (Phi) is 4.04. The molecule has 0 radical (unpaired) electrons. The van der Waals surface area contributed by atoms with Gasteiger partial charge >= 0.3 is 5.97 Å². The second-order valence-electron chi connectivity index (χ2n) is 4.19. The van der Waals surface area contributed by atoms with Gasteiger partial charge in [0.25, 0.3) is 5.69 Å². The molecule has 8 nitrogen and oxygen atoms in total. The number of aryl methyl sites for hydroxylation is 1. The average molecular weight is 276 g/mol. The molecular weight excluding hydrogens is 264 g/mol. The summed E-state index contributed by atoms with van der Waals surface area (Å²) in [5.74, 6) is -0.904. The molecule has 104 valence electrons. The van der Waals surface area contributed by atoms with Crippen LogP contribution in [0.5, 0.6) is 0 Å². The van der Waals surface area contributed by atoms with Gasteiger partial charge in [0.2, 0.25) is 0 Å². The van der Waals surface area contributed by atoms with Gasteiger partial charge in [-0.05, 0) is 0 Å². The van der Waals surface area contributed by atoms with E-state index in [1.54, 1.807) is 24.4 Å². The van der Waals surface area contributed by atoms with Gasteiger partial charge in [0.05, 0.1) is 29.1 Å². The number of nitrogens with zero attached hydrogens (tertiary/aromatic N) is 4. The van der Waals surface area contributed by atoms with Gasteiger partial charge in [-0.15, -0.1) is 5.10 Å². The summed E-state index contributed by atoms with van der Waals surface area (Å²) in [5.41, 5.74) is 1.09. The SMILES string of the molecule is O=C(O)CCc1cn(Cc2ccccc2[N+](=O)[O-])nn1. The van der Waals surface area contributed by atoms with Gasteiger partial charge in [-0.25, -0.2) is 4.68 Å². The number of carboxylic acids is 1. The first-order chi connectivity index (χ1) is 9.56. The fourth-order valence-corrected chi connectivity index (χ4v) is 1.76. The molecule has 0 fully saturated rings. The van der Waals surface area contributed by atoms with Gasteiger partial charge in [0, 0.05) is 18.7 Å². The maximum absolute atomic E-state index is 10.9. The minimum absolute atomic E-state index is 0.0232. The average Bonchev–Trinajstić information content (AvgIpc) is 2.84. The van der Waals surface area contributed by atoms with Crippen LogP contribution in [0.4, 0.5) is 5.69 Å². The summed E-state index contributed by atoms with van der Waals surface area (Å²) in [5, 5.41) is 27.2. The predicted molar refractivity (Wildman–Crippen MR) is 68.2 cm³/mol. The minimum Gasteiger partial charge on any atom is -0.481 e. The van der Waals surface area contributed by atoms with Crippen LogP contribution < -0.4 is 0 Å². The smallest absolute Gasteiger partial charge is 0.303 e. The molecule has 0 saturated heterocycles. The number of para-hydroxylation sites is 1. The number of hydrogen-bond acceptors (Lipinski definition) is 5. The molecule has 0 bridgehead atoms. The van der Waals surface area contributed by atoms with Crippen LogP contribution in [0.25, 0.3) is 0 Å². The van der Waals surface area contributed by atoms with Crippen molar-refractivity contribution < 1.29 is 14.8 Å². The summed E-state index contributed by atoms with van der Waals surface area (Å²) < 4.78 is 1.46. The molecule has 1 aromatic heterocycles. The number of aromatic nitrogens is 3. The van der Waals surface area contributed by atoms with Gasteiger partial charge in [-0.2, -0.15) is 0 Å². The van der Waals surface area contributed by atoms with E-state index in [4.69, 9.17) is 5.11 Å². The predicted octanol–water partition coefficient (Wildman–Crippen LogP) is 1.25. The van der Waals surface area contributed by atoms with Crippen molar-refractivity contribution in [3.8, 4) is 0 Å². The first-order valence-corrected chi connectivity index (χ1v) is 5.89. The first kappa shape index (κ1) is 13.7. The fourth-order valence-electron chi connectivity index (χ4n) is 1.76. The van der Waals surface area contributed by atoms with Crippen molar-refractivity contribution in [3.63, 3.8) is 0 Å². The Morgan fingerprint density at radius 3 is 2.85 bits per heavy atom. The van der Waals surface area contributed by atoms with E-state index in [0.29, 0.717) is 11.3 Å². The molecular formula is C12H12N4O4. The largest absolute Gasteiger partial charge is 0.481 e. The van der Waals surface area contributed by atoms with Crippen LogP contribution >= 0.6 is 0 Å². The highest BCUT2D eigenvalue weighted by molar-refractivity contribution is 5.66. The zero-order valence-corrected chi connectivity index (χ0v) is 10.5. The topological polar surface area (TPSA) is 111 Å². The zero-order valence-electron chi connectivity index (χ0n) is 10.5. The van der Waals surface area contributed by atoms with E-state index in [-0.39, 0.29) is 25.1 Å². The zero-order chi connectivity index (χ0) is 14.5. The summed E-state index contributed by atoms with van der Waals surface area (Å²) in [4.78, 5) is 20.9. The Morgan fingerprint density at radius 2 is 2.15 bits per heavy atom. The molecule has 0 saturated carbocycles. The van der Waals surface area contributed by atoms with Crippen LogP contribution in [0.15, 0.2) is 30.5 Å². The molecule has 0 aliphatic carbocycles. The maximum atomic E-state index is 10.9.